The molecule has 3 aromatic rings. The quantitative estimate of drug-likeness (QED) is 0.160. The van der Waals surface area contributed by atoms with Crippen LogP contribution in [0.2, 0.25) is 0 Å². The summed E-state index contributed by atoms with van der Waals surface area (Å²) in [4.78, 5) is 12.3. The first-order valence-electron chi connectivity index (χ1n) is 8.71. The zero-order chi connectivity index (χ0) is 20.6. The first-order chi connectivity index (χ1) is 14.1. The number of hydrazone groups is 1. The van der Waals surface area contributed by atoms with Crippen molar-refractivity contribution in [2.45, 2.75) is 12.1 Å². The van der Waals surface area contributed by atoms with Crippen LogP contribution in [0.1, 0.15) is 22.8 Å². The molecule has 0 radical (unpaired) electrons. The van der Waals surface area contributed by atoms with E-state index >= 15 is 0 Å². The third-order valence-electron chi connectivity index (χ3n) is 3.73. The van der Waals surface area contributed by atoms with Crippen LogP contribution in [0.3, 0.4) is 0 Å². The molecule has 1 aromatic heterocycles. The minimum absolute atomic E-state index is 0.0199. The lowest BCUT2D eigenvalue weighted by Gasteiger charge is -2.03. The number of rotatable bonds is 9. The summed E-state index contributed by atoms with van der Waals surface area (Å²) >= 11 is 4.56. The lowest BCUT2D eigenvalue weighted by molar-refractivity contribution is 0.102. The highest BCUT2D eigenvalue weighted by Gasteiger charge is 2.13. The Bertz CT molecular complexity index is 989. The predicted octanol–water partition coefficient (Wildman–Crippen LogP) is 3.57. The van der Waals surface area contributed by atoms with Crippen molar-refractivity contribution in [3.63, 3.8) is 0 Å². The Morgan fingerprint density at radius 2 is 1.97 bits per heavy atom. The molecule has 0 saturated heterocycles. The highest BCUT2D eigenvalue weighted by Crippen LogP contribution is 2.19. The molecule has 150 valence electrons. The Morgan fingerprint density at radius 1 is 1.24 bits per heavy atom. The molecule has 2 aromatic carbocycles. The van der Waals surface area contributed by atoms with E-state index in [1.165, 1.54) is 16.4 Å². The van der Waals surface area contributed by atoms with Gasteiger partial charge in [-0.05, 0) is 48.9 Å². The summed E-state index contributed by atoms with van der Waals surface area (Å²) in [5.74, 6) is 7.24. The summed E-state index contributed by atoms with van der Waals surface area (Å²) in [5, 5.41) is 12.5. The van der Waals surface area contributed by atoms with Gasteiger partial charge in [0.2, 0.25) is 5.16 Å². The minimum Gasteiger partial charge on any atom is -0.494 e. The van der Waals surface area contributed by atoms with Crippen LogP contribution >= 0.6 is 27.7 Å². The summed E-state index contributed by atoms with van der Waals surface area (Å²) in [6.07, 6.45) is 1.63. The summed E-state index contributed by atoms with van der Waals surface area (Å²) < 4.78 is 7.58. The number of nitrogens with one attached hydrogen (secondary N) is 1. The molecule has 0 unspecified atom stereocenters. The van der Waals surface area contributed by atoms with Crippen molar-refractivity contribution in [1.29, 1.82) is 0 Å². The molecule has 3 N–H and O–H groups in total. The van der Waals surface area contributed by atoms with Crippen molar-refractivity contribution in [2.24, 2.45) is 5.10 Å². The van der Waals surface area contributed by atoms with Crippen LogP contribution < -0.4 is 16.0 Å². The number of thioether (sulfide) groups is 1. The standard InChI is InChI=1S/C19H19BrN6O2S/c1-2-28-16-9-3-13(4-10-16)11-22-23-18-24-25-19(26(18)21)29-12-17(27)14-5-7-15(20)8-6-14/h3-11H,2,12,21H2,1H3,(H,23,24)/b22-11+. The van der Waals surface area contributed by atoms with Crippen molar-refractivity contribution in [3.8, 4) is 5.75 Å². The maximum absolute atomic E-state index is 12.3. The van der Waals surface area contributed by atoms with Crippen LogP contribution in [-0.4, -0.2) is 39.2 Å². The Morgan fingerprint density at radius 3 is 2.66 bits per heavy atom. The summed E-state index contributed by atoms with van der Waals surface area (Å²) in [7, 11) is 0. The van der Waals surface area contributed by atoms with Crippen molar-refractivity contribution in [1.82, 2.24) is 14.9 Å². The van der Waals surface area contributed by atoms with Crippen molar-refractivity contribution in [3.05, 3.63) is 64.1 Å². The normalized spacial score (nSPS) is 11.0. The van der Waals surface area contributed by atoms with Crippen LogP contribution in [0.25, 0.3) is 0 Å². The second kappa shape index (κ2) is 10.1. The zero-order valence-corrected chi connectivity index (χ0v) is 18.0. The monoisotopic (exact) mass is 474 g/mol. The molecule has 0 atom stereocenters. The molecule has 10 heteroatoms. The number of nitrogens with two attached hydrogens (primary N) is 1. The number of ketones is 1. The van der Waals surface area contributed by atoms with Gasteiger partial charge in [0.15, 0.2) is 5.78 Å². The van der Waals surface area contributed by atoms with E-state index in [1.807, 2.05) is 43.3 Å². The zero-order valence-electron chi connectivity index (χ0n) is 15.6. The smallest absolute Gasteiger partial charge is 0.264 e. The van der Waals surface area contributed by atoms with E-state index in [4.69, 9.17) is 10.6 Å². The van der Waals surface area contributed by atoms with Crippen LogP contribution in [0.5, 0.6) is 5.75 Å². The lowest BCUT2D eigenvalue weighted by Crippen LogP contribution is -2.14. The topological polar surface area (TPSA) is 107 Å². The molecule has 1 heterocycles. The fourth-order valence-corrected chi connectivity index (χ4v) is 3.30. The van der Waals surface area contributed by atoms with Gasteiger partial charge in [0.1, 0.15) is 5.75 Å². The molecule has 8 nitrogen and oxygen atoms in total. The SMILES string of the molecule is CCOc1ccc(/C=N/Nc2nnc(SCC(=O)c3ccc(Br)cc3)n2N)cc1. The summed E-state index contributed by atoms with van der Waals surface area (Å²) in [5.41, 5.74) is 4.26. The lowest BCUT2D eigenvalue weighted by atomic mass is 10.2. The number of hydrogen-bond donors (Lipinski definition) is 2. The van der Waals surface area contributed by atoms with E-state index in [1.54, 1.807) is 18.3 Å². The van der Waals surface area contributed by atoms with Gasteiger partial charge in [0, 0.05) is 10.0 Å². The summed E-state index contributed by atoms with van der Waals surface area (Å²) in [6.45, 7) is 2.56. The fourth-order valence-electron chi connectivity index (χ4n) is 2.28. The Kier molecular flexibility index (Phi) is 7.25. The molecular formula is C19H19BrN6O2S. The van der Waals surface area contributed by atoms with Gasteiger partial charge >= 0.3 is 0 Å². The second-order valence-corrected chi connectivity index (χ2v) is 7.63. The molecule has 0 aliphatic rings. The number of aromatic nitrogens is 3. The van der Waals surface area contributed by atoms with Gasteiger partial charge in [-0.15, -0.1) is 10.2 Å². The minimum atomic E-state index is -0.0199. The third-order valence-corrected chi connectivity index (χ3v) is 5.20. The Labute approximate surface area is 180 Å². The number of carbonyl (C=O) groups is 1. The molecule has 3 rings (SSSR count). The maximum Gasteiger partial charge on any atom is 0.264 e. The van der Waals surface area contributed by atoms with E-state index in [0.29, 0.717) is 17.3 Å². The molecule has 0 amide bonds. The largest absolute Gasteiger partial charge is 0.494 e. The number of nitrogens with zero attached hydrogens (tertiary/aromatic N) is 4. The number of benzene rings is 2. The third kappa shape index (κ3) is 5.81. The number of nitrogen functional groups attached to an aromatic ring is 1. The van der Waals surface area contributed by atoms with Gasteiger partial charge in [0.05, 0.1) is 18.6 Å². The number of carbonyl (C=O) groups excluding carboxylic acids is 1. The Balaban J connectivity index is 1.54. The van der Waals surface area contributed by atoms with Crippen LogP contribution in [0.4, 0.5) is 5.95 Å². The van der Waals surface area contributed by atoms with E-state index in [0.717, 1.165) is 15.8 Å². The van der Waals surface area contributed by atoms with E-state index in [2.05, 4.69) is 36.7 Å². The van der Waals surface area contributed by atoms with Gasteiger partial charge in [-0.3, -0.25) is 4.79 Å². The molecule has 0 saturated carbocycles. The van der Waals surface area contributed by atoms with Crippen LogP contribution in [0.15, 0.2) is 63.3 Å². The van der Waals surface area contributed by atoms with Gasteiger partial charge < -0.3 is 10.6 Å². The van der Waals surface area contributed by atoms with Gasteiger partial charge in [-0.2, -0.15) is 5.10 Å². The highest BCUT2D eigenvalue weighted by atomic mass is 79.9. The molecule has 29 heavy (non-hydrogen) atoms. The fraction of sp³-hybridized carbons (Fsp3) is 0.158. The molecule has 0 fully saturated rings. The number of ether oxygens (including phenoxy) is 1. The molecule has 0 aliphatic carbocycles. The molecule has 0 spiro atoms. The average molecular weight is 475 g/mol. The van der Waals surface area contributed by atoms with Gasteiger partial charge in [-0.25, -0.2) is 10.1 Å². The second-order valence-electron chi connectivity index (χ2n) is 5.77. The van der Waals surface area contributed by atoms with Gasteiger partial charge in [0.25, 0.3) is 5.95 Å². The van der Waals surface area contributed by atoms with Crippen molar-refractivity contribution >= 4 is 45.6 Å². The molecular weight excluding hydrogens is 456 g/mol. The number of halogens is 1. The first-order valence-corrected chi connectivity index (χ1v) is 10.5. The molecule has 0 aliphatic heterocycles. The number of anilines is 1. The average Bonchev–Trinajstić information content (AvgIpc) is 3.08. The van der Waals surface area contributed by atoms with Crippen molar-refractivity contribution < 1.29 is 9.53 Å². The van der Waals surface area contributed by atoms with E-state index in [-0.39, 0.29) is 17.5 Å². The van der Waals surface area contributed by atoms with Gasteiger partial charge in [-0.1, -0.05) is 39.8 Å². The number of Topliss-reactive ketones (excluding diaryl/α,β-unsaturated/α-hetero) is 1. The predicted molar refractivity (Wildman–Crippen MR) is 118 cm³/mol. The van der Waals surface area contributed by atoms with Crippen molar-refractivity contribution in [2.75, 3.05) is 23.6 Å². The number of hydrogen-bond acceptors (Lipinski definition) is 8. The summed E-state index contributed by atoms with van der Waals surface area (Å²) in [6, 6.07) is 14.7. The maximum atomic E-state index is 12.3. The Hall–Kier alpha value is -2.85. The van der Waals surface area contributed by atoms with Crippen LogP contribution in [-0.2, 0) is 0 Å². The molecule has 0 bridgehead atoms. The van der Waals surface area contributed by atoms with Crippen LogP contribution in [0, 0.1) is 0 Å². The first kappa shape index (κ1) is 20.9. The highest BCUT2D eigenvalue weighted by molar-refractivity contribution is 9.10. The van der Waals surface area contributed by atoms with E-state index in [9.17, 15) is 4.79 Å². The van der Waals surface area contributed by atoms with E-state index < -0.39 is 0 Å².